The highest BCUT2D eigenvalue weighted by atomic mass is 16.4. The van der Waals surface area contributed by atoms with Gasteiger partial charge in [0, 0.05) is 11.5 Å². The molecular formula is C24H34O4. The van der Waals surface area contributed by atoms with Gasteiger partial charge in [-0.15, -0.1) is 0 Å². The third-order valence-electron chi connectivity index (χ3n) is 9.95. The van der Waals surface area contributed by atoms with Crippen molar-refractivity contribution in [1.29, 1.82) is 0 Å². The van der Waals surface area contributed by atoms with Gasteiger partial charge in [0.05, 0.1) is 18.0 Å². The molecule has 0 aromatic carbocycles. The van der Waals surface area contributed by atoms with Gasteiger partial charge in [-0.1, -0.05) is 13.8 Å². The minimum absolute atomic E-state index is 0.129. The van der Waals surface area contributed by atoms with Crippen LogP contribution in [0.2, 0.25) is 0 Å². The Hall–Kier alpha value is -1.13. The Morgan fingerprint density at radius 1 is 1.00 bits per heavy atom. The fourth-order valence-electron chi connectivity index (χ4n) is 8.30. The predicted molar refractivity (Wildman–Crippen MR) is 107 cm³/mol. The molecule has 0 amide bonds. The van der Waals surface area contributed by atoms with E-state index < -0.39 is 5.60 Å². The number of rotatable bonds is 1. The smallest absolute Gasteiger partial charge is 0.335 e. The molecule has 4 aliphatic carbocycles. The lowest BCUT2D eigenvalue weighted by Crippen LogP contribution is -2.62. The lowest BCUT2D eigenvalue weighted by Gasteiger charge is -2.63. The van der Waals surface area contributed by atoms with Crippen LogP contribution >= 0.6 is 0 Å². The first kappa shape index (κ1) is 18.9. The van der Waals surface area contributed by atoms with E-state index in [0.717, 1.165) is 56.9 Å². The maximum atomic E-state index is 12.2. The molecule has 0 aliphatic heterocycles. The highest BCUT2D eigenvalue weighted by molar-refractivity contribution is 5.27. The van der Waals surface area contributed by atoms with E-state index in [9.17, 15) is 15.0 Å². The highest BCUT2D eigenvalue weighted by Crippen LogP contribution is 2.70. The van der Waals surface area contributed by atoms with Crippen LogP contribution in [0, 0.1) is 28.6 Å². The Labute approximate surface area is 167 Å². The molecule has 4 fully saturated rings. The van der Waals surface area contributed by atoms with Crippen molar-refractivity contribution in [3.05, 3.63) is 34.4 Å². The molecule has 1 aromatic rings. The molecule has 28 heavy (non-hydrogen) atoms. The van der Waals surface area contributed by atoms with E-state index in [2.05, 4.69) is 13.8 Å². The Morgan fingerprint density at radius 2 is 1.82 bits per heavy atom. The second kappa shape index (κ2) is 6.18. The summed E-state index contributed by atoms with van der Waals surface area (Å²) in [5.74, 6) is 1.76. The maximum absolute atomic E-state index is 12.2. The second-order valence-electron chi connectivity index (χ2n) is 10.8. The Balaban J connectivity index is 1.48. The van der Waals surface area contributed by atoms with Crippen LogP contribution in [0.5, 0.6) is 0 Å². The molecular weight excluding hydrogens is 352 g/mol. The molecule has 1 aromatic heterocycles. The Bertz CT molecular complexity index is 797. The molecule has 0 spiro atoms. The van der Waals surface area contributed by atoms with E-state index in [0.29, 0.717) is 17.8 Å². The summed E-state index contributed by atoms with van der Waals surface area (Å²) in [5.41, 5.74) is 0.219. The Kier molecular flexibility index (Phi) is 4.17. The van der Waals surface area contributed by atoms with Gasteiger partial charge in [-0.05, 0) is 98.5 Å². The molecule has 5 rings (SSSR count). The van der Waals surface area contributed by atoms with Crippen LogP contribution in [0.4, 0.5) is 0 Å². The number of hydrogen-bond donors (Lipinski definition) is 2. The van der Waals surface area contributed by atoms with Gasteiger partial charge in [0.1, 0.15) is 0 Å². The number of aliphatic hydroxyl groups is 2. The van der Waals surface area contributed by atoms with Gasteiger partial charge in [0.2, 0.25) is 0 Å². The summed E-state index contributed by atoms with van der Waals surface area (Å²) in [6.07, 6.45) is 10.7. The first-order valence-corrected chi connectivity index (χ1v) is 11.3. The van der Waals surface area contributed by atoms with E-state index >= 15 is 0 Å². The molecule has 4 nitrogen and oxygen atoms in total. The van der Waals surface area contributed by atoms with Gasteiger partial charge in [-0.25, -0.2) is 4.79 Å². The van der Waals surface area contributed by atoms with Crippen molar-refractivity contribution in [1.82, 2.24) is 0 Å². The van der Waals surface area contributed by atoms with E-state index in [-0.39, 0.29) is 28.5 Å². The maximum Gasteiger partial charge on any atom is 0.335 e. The molecule has 8 atom stereocenters. The first-order valence-electron chi connectivity index (χ1n) is 11.3. The topological polar surface area (TPSA) is 70.7 Å². The molecule has 4 saturated carbocycles. The zero-order valence-electron chi connectivity index (χ0n) is 17.2. The molecule has 1 heterocycles. The van der Waals surface area contributed by atoms with Crippen molar-refractivity contribution in [2.24, 2.45) is 28.6 Å². The molecule has 0 unspecified atom stereocenters. The highest BCUT2D eigenvalue weighted by Gasteiger charge is 2.67. The van der Waals surface area contributed by atoms with Crippen LogP contribution in [-0.2, 0) is 0 Å². The molecule has 4 heteroatoms. The first-order chi connectivity index (χ1) is 13.3. The molecule has 0 saturated heterocycles. The van der Waals surface area contributed by atoms with Gasteiger partial charge < -0.3 is 14.6 Å². The van der Waals surface area contributed by atoms with E-state index in [1.807, 2.05) is 6.07 Å². The zero-order chi connectivity index (χ0) is 19.7. The fourth-order valence-corrected chi connectivity index (χ4v) is 8.30. The summed E-state index contributed by atoms with van der Waals surface area (Å²) in [6, 6.07) is 3.42. The molecule has 2 N–H and O–H groups in total. The average Bonchev–Trinajstić information content (AvgIpc) is 2.95. The molecule has 0 bridgehead atoms. The van der Waals surface area contributed by atoms with Crippen LogP contribution in [0.15, 0.2) is 27.6 Å². The van der Waals surface area contributed by atoms with Crippen LogP contribution in [0.1, 0.15) is 83.1 Å². The van der Waals surface area contributed by atoms with E-state index in [4.69, 9.17) is 4.42 Å². The lowest BCUT2D eigenvalue weighted by atomic mass is 9.43. The second-order valence-corrected chi connectivity index (χ2v) is 10.8. The van der Waals surface area contributed by atoms with Gasteiger partial charge in [-0.2, -0.15) is 0 Å². The zero-order valence-corrected chi connectivity index (χ0v) is 17.2. The van der Waals surface area contributed by atoms with Crippen LogP contribution in [-0.4, -0.2) is 21.9 Å². The average molecular weight is 387 g/mol. The fraction of sp³-hybridized carbons (Fsp3) is 0.792. The van der Waals surface area contributed by atoms with Crippen LogP contribution in [0.3, 0.4) is 0 Å². The van der Waals surface area contributed by atoms with Crippen molar-refractivity contribution in [3.8, 4) is 0 Å². The van der Waals surface area contributed by atoms with Crippen molar-refractivity contribution in [2.45, 2.75) is 89.3 Å². The van der Waals surface area contributed by atoms with Crippen LogP contribution < -0.4 is 5.63 Å². The van der Waals surface area contributed by atoms with Crippen molar-refractivity contribution < 1.29 is 14.6 Å². The summed E-state index contributed by atoms with van der Waals surface area (Å²) in [4.78, 5) is 11.4. The van der Waals surface area contributed by atoms with E-state index in [1.165, 1.54) is 12.5 Å². The number of hydrogen-bond acceptors (Lipinski definition) is 4. The number of fused-ring (bicyclic) bond motifs is 5. The summed E-state index contributed by atoms with van der Waals surface area (Å²) < 4.78 is 5.17. The van der Waals surface area contributed by atoms with Gasteiger partial charge in [0.15, 0.2) is 0 Å². The lowest BCUT2D eigenvalue weighted by molar-refractivity contribution is -0.205. The minimum Gasteiger partial charge on any atom is -0.431 e. The summed E-state index contributed by atoms with van der Waals surface area (Å²) in [6.45, 7) is 4.73. The standard InChI is InChI=1S/C24H34O4/c1-22-10-7-17(25)13-16(22)4-5-20-19(22)8-11-23(2)18(9-12-24(20,23)27)15-3-6-21(26)28-14-15/h3,6,14,16-20,25,27H,4-5,7-13H2,1-2H3/t16-,17+,18+,19-,20-,22-,23+,24-/m0/s1. The summed E-state index contributed by atoms with van der Waals surface area (Å²) >= 11 is 0. The quantitative estimate of drug-likeness (QED) is 0.757. The van der Waals surface area contributed by atoms with Crippen LogP contribution in [0.25, 0.3) is 0 Å². The molecule has 154 valence electrons. The monoisotopic (exact) mass is 386 g/mol. The third-order valence-corrected chi connectivity index (χ3v) is 9.95. The SMILES string of the molecule is C[C@]12CC[C@@H](O)C[C@@H]1CC[C@H]1[C@@H]2CC[C@]2(C)[C@@H](c3ccc(=O)oc3)CC[C@]12O. The van der Waals surface area contributed by atoms with Crippen molar-refractivity contribution in [2.75, 3.05) is 0 Å². The van der Waals surface area contributed by atoms with Crippen molar-refractivity contribution >= 4 is 0 Å². The normalized spacial score (nSPS) is 50.5. The minimum atomic E-state index is -0.638. The predicted octanol–water partition coefficient (Wildman–Crippen LogP) is 4.24. The summed E-state index contributed by atoms with van der Waals surface area (Å²) in [7, 11) is 0. The van der Waals surface area contributed by atoms with E-state index in [1.54, 1.807) is 6.26 Å². The molecule has 0 radical (unpaired) electrons. The third kappa shape index (κ3) is 2.40. The van der Waals surface area contributed by atoms with Crippen molar-refractivity contribution in [3.63, 3.8) is 0 Å². The van der Waals surface area contributed by atoms with Gasteiger partial charge in [0.25, 0.3) is 0 Å². The van der Waals surface area contributed by atoms with Gasteiger partial charge >= 0.3 is 5.63 Å². The Morgan fingerprint density at radius 3 is 2.57 bits per heavy atom. The number of aliphatic hydroxyl groups excluding tert-OH is 1. The van der Waals surface area contributed by atoms with Gasteiger partial charge in [-0.3, -0.25) is 0 Å². The summed E-state index contributed by atoms with van der Waals surface area (Å²) in [5, 5.41) is 22.4. The largest absolute Gasteiger partial charge is 0.431 e. The molecule has 4 aliphatic rings.